The van der Waals surface area contributed by atoms with Gasteiger partial charge in [-0.3, -0.25) is 4.18 Å². The Bertz CT molecular complexity index is 287. The molecule has 0 aromatic carbocycles. The summed E-state index contributed by atoms with van der Waals surface area (Å²) in [5, 5.41) is 0. The predicted molar refractivity (Wildman–Crippen MR) is 60.3 cm³/mol. The van der Waals surface area contributed by atoms with Gasteiger partial charge in [-0.05, 0) is 26.9 Å². The van der Waals surface area contributed by atoms with Crippen LogP contribution in [0.25, 0.3) is 0 Å². The SMILES string of the molecule is CN(C)C1CCCCCC1OS(C)(=O)=O. The number of likely N-dealkylation sites (N-methyl/N-ethyl adjacent to an activating group) is 1. The molecule has 1 aliphatic carbocycles. The molecule has 1 rings (SSSR count). The number of rotatable bonds is 3. The molecule has 2 unspecified atom stereocenters. The van der Waals surface area contributed by atoms with Crippen LogP contribution in [0.1, 0.15) is 32.1 Å². The maximum atomic E-state index is 11.1. The molecule has 15 heavy (non-hydrogen) atoms. The fraction of sp³-hybridized carbons (Fsp3) is 1.00. The summed E-state index contributed by atoms with van der Waals surface area (Å²) < 4.78 is 27.4. The van der Waals surface area contributed by atoms with Gasteiger partial charge in [-0.1, -0.05) is 19.3 Å². The minimum absolute atomic E-state index is 0.169. The van der Waals surface area contributed by atoms with Crippen LogP contribution in [0.4, 0.5) is 0 Å². The molecule has 5 heteroatoms. The van der Waals surface area contributed by atoms with E-state index in [9.17, 15) is 8.42 Å². The summed E-state index contributed by atoms with van der Waals surface area (Å²) in [6.07, 6.45) is 6.22. The van der Waals surface area contributed by atoms with Crippen molar-refractivity contribution in [2.75, 3.05) is 20.4 Å². The van der Waals surface area contributed by atoms with Gasteiger partial charge in [-0.15, -0.1) is 0 Å². The Hall–Kier alpha value is -0.130. The van der Waals surface area contributed by atoms with Crippen molar-refractivity contribution in [3.63, 3.8) is 0 Å². The first-order chi connectivity index (χ1) is 6.90. The summed E-state index contributed by atoms with van der Waals surface area (Å²) in [5.41, 5.74) is 0. The highest BCUT2D eigenvalue weighted by molar-refractivity contribution is 7.86. The van der Waals surface area contributed by atoms with Crippen LogP contribution in [0.15, 0.2) is 0 Å². The minimum atomic E-state index is -3.33. The van der Waals surface area contributed by atoms with E-state index in [0.29, 0.717) is 0 Å². The van der Waals surface area contributed by atoms with E-state index in [1.807, 2.05) is 14.1 Å². The third-order valence-electron chi connectivity index (χ3n) is 2.88. The molecule has 0 amide bonds. The zero-order valence-electron chi connectivity index (χ0n) is 9.77. The van der Waals surface area contributed by atoms with E-state index < -0.39 is 10.1 Å². The summed E-state index contributed by atoms with van der Waals surface area (Å²) in [7, 11) is 0.629. The van der Waals surface area contributed by atoms with Crippen LogP contribution < -0.4 is 0 Å². The van der Waals surface area contributed by atoms with Gasteiger partial charge in [0.05, 0.1) is 12.4 Å². The third kappa shape index (κ3) is 4.49. The zero-order valence-corrected chi connectivity index (χ0v) is 10.6. The highest BCUT2D eigenvalue weighted by atomic mass is 32.2. The molecular weight excluding hydrogens is 214 g/mol. The smallest absolute Gasteiger partial charge is 0.264 e. The molecule has 1 aliphatic rings. The Labute approximate surface area is 92.7 Å². The normalized spacial score (nSPS) is 29.1. The molecule has 2 atom stereocenters. The van der Waals surface area contributed by atoms with Crippen molar-refractivity contribution in [3.05, 3.63) is 0 Å². The van der Waals surface area contributed by atoms with Gasteiger partial charge in [0.1, 0.15) is 0 Å². The summed E-state index contributed by atoms with van der Waals surface area (Å²) >= 11 is 0. The fourth-order valence-corrected chi connectivity index (χ4v) is 2.86. The second-order valence-electron chi connectivity index (χ2n) is 4.51. The van der Waals surface area contributed by atoms with Crippen molar-refractivity contribution < 1.29 is 12.6 Å². The summed E-state index contributed by atoms with van der Waals surface area (Å²) in [5.74, 6) is 0. The van der Waals surface area contributed by atoms with Gasteiger partial charge in [0.25, 0.3) is 10.1 Å². The maximum absolute atomic E-state index is 11.1. The molecule has 0 aromatic heterocycles. The van der Waals surface area contributed by atoms with Gasteiger partial charge in [0, 0.05) is 6.04 Å². The predicted octanol–water partition coefficient (Wildman–Crippen LogP) is 1.23. The summed E-state index contributed by atoms with van der Waals surface area (Å²) in [4.78, 5) is 2.07. The lowest BCUT2D eigenvalue weighted by Crippen LogP contribution is -2.40. The van der Waals surface area contributed by atoms with Gasteiger partial charge in [-0.2, -0.15) is 8.42 Å². The first-order valence-electron chi connectivity index (χ1n) is 5.45. The van der Waals surface area contributed by atoms with Crippen LogP contribution in [0.2, 0.25) is 0 Å². The van der Waals surface area contributed by atoms with E-state index in [0.717, 1.165) is 31.9 Å². The first kappa shape index (κ1) is 12.9. The molecule has 1 fully saturated rings. The summed E-state index contributed by atoms with van der Waals surface area (Å²) in [6.45, 7) is 0. The Morgan fingerprint density at radius 3 is 2.27 bits per heavy atom. The second kappa shape index (κ2) is 5.27. The van der Waals surface area contributed by atoms with Crippen LogP contribution in [-0.2, 0) is 14.3 Å². The monoisotopic (exact) mass is 235 g/mol. The van der Waals surface area contributed by atoms with Crippen molar-refractivity contribution in [1.82, 2.24) is 4.90 Å². The molecule has 90 valence electrons. The van der Waals surface area contributed by atoms with Crippen molar-refractivity contribution in [2.45, 2.75) is 44.2 Å². The molecule has 1 saturated carbocycles. The minimum Gasteiger partial charge on any atom is -0.304 e. The first-order valence-corrected chi connectivity index (χ1v) is 7.26. The van der Waals surface area contributed by atoms with Crippen LogP contribution in [-0.4, -0.2) is 45.8 Å². The fourth-order valence-electron chi connectivity index (χ4n) is 2.18. The highest BCUT2D eigenvalue weighted by Gasteiger charge is 2.28. The molecule has 0 bridgehead atoms. The van der Waals surface area contributed by atoms with Crippen molar-refractivity contribution in [1.29, 1.82) is 0 Å². The second-order valence-corrected chi connectivity index (χ2v) is 6.11. The van der Waals surface area contributed by atoms with Crippen LogP contribution >= 0.6 is 0 Å². The van der Waals surface area contributed by atoms with Gasteiger partial charge in [0.15, 0.2) is 0 Å². The lowest BCUT2D eigenvalue weighted by atomic mass is 10.1. The van der Waals surface area contributed by atoms with E-state index in [-0.39, 0.29) is 12.1 Å². The molecular formula is C10H21NO3S. The molecule has 0 aliphatic heterocycles. The molecule has 4 nitrogen and oxygen atoms in total. The standard InChI is InChI=1S/C10H21NO3S/c1-11(2)9-7-5-4-6-8-10(9)14-15(3,12)13/h9-10H,4-8H2,1-3H3. The van der Waals surface area contributed by atoms with Crippen molar-refractivity contribution >= 4 is 10.1 Å². The average molecular weight is 235 g/mol. The Morgan fingerprint density at radius 1 is 1.13 bits per heavy atom. The lowest BCUT2D eigenvalue weighted by Gasteiger charge is -2.29. The lowest BCUT2D eigenvalue weighted by molar-refractivity contribution is 0.0972. The Balaban J connectivity index is 2.70. The van der Waals surface area contributed by atoms with Gasteiger partial charge < -0.3 is 4.90 Å². The maximum Gasteiger partial charge on any atom is 0.264 e. The van der Waals surface area contributed by atoms with Crippen molar-refractivity contribution in [2.24, 2.45) is 0 Å². The zero-order chi connectivity index (χ0) is 11.5. The van der Waals surface area contributed by atoms with Gasteiger partial charge in [-0.25, -0.2) is 0 Å². The number of nitrogens with zero attached hydrogens (tertiary/aromatic N) is 1. The van der Waals surface area contributed by atoms with Crippen LogP contribution in [0, 0.1) is 0 Å². The quantitative estimate of drug-likeness (QED) is 0.545. The van der Waals surface area contributed by atoms with Crippen LogP contribution in [0.3, 0.4) is 0 Å². The molecule has 0 heterocycles. The number of hydrogen-bond acceptors (Lipinski definition) is 4. The van der Waals surface area contributed by atoms with E-state index in [4.69, 9.17) is 4.18 Å². The van der Waals surface area contributed by atoms with Gasteiger partial charge >= 0.3 is 0 Å². The number of hydrogen-bond donors (Lipinski definition) is 0. The third-order valence-corrected chi connectivity index (χ3v) is 3.48. The Kier molecular flexibility index (Phi) is 4.55. The molecule has 0 spiro atoms. The van der Waals surface area contributed by atoms with Crippen molar-refractivity contribution in [3.8, 4) is 0 Å². The van der Waals surface area contributed by atoms with Crippen LogP contribution in [0.5, 0.6) is 0 Å². The topological polar surface area (TPSA) is 46.6 Å². The van der Waals surface area contributed by atoms with E-state index >= 15 is 0 Å². The highest BCUT2D eigenvalue weighted by Crippen LogP contribution is 2.24. The van der Waals surface area contributed by atoms with E-state index in [2.05, 4.69) is 4.90 Å². The average Bonchev–Trinajstić information content (AvgIpc) is 2.26. The van der Waals surface area contributed by atoms with E-state index in [1.54, 1.807) is 0 Å². The Morgan fingerprint density at radius 2 is 1.73 bits per heavy atom. The molecule has 0 aromatic rings. The largest absolute Gasteiger partial charge is 0.304 e. The van der Waals surface area contributed by atoms with Gasteiger partial charge in [0.2, 0.25) is 0 Å². The van der Waals surface area contributed by atoms with E-state index in [1.165, 1.54) is 6.42 Å². The summed E-state index contributed by atoms with van der Waals surface area (Å²) in [6, 6.07) is 0.224. The molecule has 0 N–H and O–H groups in total. The molecule has 0 saturated heterocycles. The molecule has 0 radical (unpaired) electrons.